The molecule has 1 fully saturated rings. The fourth-order valence-electron chi connectivity index (χ4n) is 2.18. The Morgan fingerprint density at radius 1 is 1.43 bits per heavy atom. The standard InChI is InChI=1S/C12H20N6O3/c13-9-10(12(19)20)15-8-16-11(9)18(14)3-1-2-17-4-6-21-7-5-17/h8H,1-7,13-14H2,(H,19,20). The van der Waals surface area contributed by atoms with Crippen LogP contribution in [0.2, 0.25) is 0 Å². The number of carboxylic acid groups (broad SMARTS) is 1. The first-order chi connectivity index (χ1) is 10.1. The van der Waals surface area contributed by atoms with E-state index in [0.717, 1.165) is 45.6 Å². The Labute approximate surface area is 122 Å². The summed E-state index contributed by atoms with van der Waals surface area (Å²) < 4.78 is 5.28. The molecule has 116 valence electrons. The number of aromatic carboxylic acids is 1. The molecule has 1 aliphatic rings. The summed E-state index contributed by atoms with van der Waals surface area (Å²) in [6.07, 6.45) is 1.97. The average molecular weight is 296 g/mol. The molecule has 0 unspecified atom stereocenters. The zero-order valence-corrected chi connectivity index (χ0v) is 11.7. The van der Waals surface area contributed by atoms with Crippen molar-refractivity contribution < 1.29 is 14.6 Å². The molecule has 1 aromatic heterocycles. The number of rotatable bonds is 6. The normalized spacial score (nSPS) is 15.9. The van der Waals surface area contributed by atoms with Gasteiger partial charge in [0, 0.05) is 26.2 Å². The molecule has 2 rings (SSSR count). The van der Waals surface area contributed by atoms with Gasteiger partial charge in [0.1, 0.15) is 12.0 Å². The maximum Gasteiger partial charge on any atom is 0.356 e. The van der Waals surface area contributed by atoms with Crippen molar-refractivity contribution in [1.29, 1.82) is 0 Å². The third-order valence-corrected chi connectivity index (χ3v) is 3.31. The minimum absolute atomic E-state index is 0.0149. The van der Waals surface area contributed by atoms with Gasteiger partial charge in [0.05, 0.1) is 13.2 Å². The van der Waals surface area contributed by atoms with E-state index >= 15 is 0 Å². The highest BCUT2D eigenvalue weighted by Crippen LogP contribution is 2.20. The second kappa shape index (κ2) is 7.16. The number of nitrogen functional groups attached to an aromatic ring is 1. The van der Waals surface area contributed by atoms with Crippen molar-refractivity contribution in [2.45, 2.75) is 6.42 Å². The molecular weight excluding hydrogens is 276 g/mol. The molecule has 1 aromatic rings. The topological polar surface area (TPSA) is 131 Å². The van der Waals surface area contributed by atoms with Crippen LogP contribution in [0, 0.1) is 0 Å². The van der Waals surface area contributed by atoms with Crippen LogP contribution in [0.4, 0.5) is 11.5 Å². The van der Waals surface area contributed by atoms with Gasteiger partial charge in [-0.3, -0.25) is 9.91 Å². The van der Waals surface area contributed by atoms with Gasteiger partial charge in [-0.1, -0.05) is 0 Å². The molecule has 0 atom stereocenters. The van der Waals surface area contributed by atoms with Crippen LogP contribution in [0.25, 0.3) is 0 Å². The zero-order valence-electron chi connectivity index (χ0n) is 11.7. The van der Waals surface area contributed by atoms with Crippen molar-refractivity contribution in [2.24, 2.45) is 5.84 Å². The fraction of sp³-hybridized carbons (Fsp3) is 0.583. The quantitative estimate of drug-likeness (QED) is 0.454. The molecule has 0 amide bonds. The van der Waals surface area contributed by atoms with Crippen molar-refractivity contribution in [3.05, 3.63) is 12.0 Å². The third-order valence-electron chi connectivity index (χ3n) is 3.31. The molecule has 0 aliphatic carbocycles. The van der Waals surface area contributed by atoms with Crippen LogP contribution in [-0.2, 0) is 4.74 Å². The van der Waals surface area contributed by atoms with Gasteiger partial charge < -0.3 is 15.6 Å². The Hall–Kier alpha value is -1.97. The lowest BCUT2D eigenvalue weighted by molar-refractivity contribution is 0.0376. The maximum atomic E-state index is 11.0. The van der Waals surface area contributed by atoms with Gasteiger partial charge in [-0.05, 0) is 6.42 Å². The minimum atomic E-state index is -1.20. The van der Waals surface area contributed by atoms with Crippen LogP contribution in [0.5, 0.6) is 0 Å². The van der Waals surface area contributed by atoms with Crippen LogP contribution in [0.15, 0.2) is 6.33 Å². The highest BCUT2D eigenvalue weighted by molar-refractivity contribution is 5.94. The largest absolute Gasteiger partial charge is 0.476 e. The minimum Gasteiger partial charge on any atom is -0.476 e. The van der Waals surface area contributed by atoms with E-state index in [0.29, 0.717) is 6.54 Å². The van der Waals surface area contributed by atoms with Crippen molar-refractivity contribution in [2.75, 3.05) is 50.1 Å². The highest BCUT2D eigenvalue weighted by Gasteiger charge is 2.17. The lowest BCUT2D eigenvalue weighted by atomic mass is 10.3. The molecule has 1 aliphatic heterocycles. The Kier molecular flexibility index (Phi) is 5.26. The molecule has 0 radical (unpaired) electrons. The maximum absolute atomic E-state index is 11.0. The number of morpholine rings is 1. The summed E-state index contributed by atoms with van der Waals surface area (Å²) in [4.78, 5) is 20.9. The van der Waals surface area contributed by atoms with E-state index in [9.17, 15) is 4.79 Å². The van der Waals surface area contributed by atoms with Gasteiger partial charge >= 0.3 is 5.97 Å². The van der Waals surface area contributed by atoms with Gasteiger partial charge in [-0.2, -0.15) is 0 Å². The molecule has 2 heterocycles. The summed E-state index contributed by atoms with van der Waals surface area (Å²) in [5.41, 5.74) is 5.50. The molecule has 0 saturated carbocycles. The molecule has 9 nitrogen and oxygen atoms in total. The SMILES string of the molecule is Nc1c(C(=O)O)ncnc1N(N)CCCN1CCOCC1. The number of aromatic nitrogens is 2. The molecular formula is C12H20N6O3. The number of carbonyl (C=O) groups is 1. The summed E-state index contributed by atoms with van der Waals surface area (Å²) >= 11 is 0. The van der Waals surface area contributed by atoms with Crippen LogP contribution < -0.4 is 16.6 Å². The monoisotopic (exact) mass is 296 g/mol. The second-order valence-electron chi connectivity index (χ2n) is 4.77. The summed E-state index contributed by atoms with van der Waals surface area (Å²) in [5, 5.41) is 10.3. The molecule has 0 bridgehead atoms. The number of hydrogen-bond acceptors (Lipinski definition) is 8. The van der Waals surface area contributed by atoms with Crippen molar-refractivity contribution >= 4 is 17.5 Å². The molecule has 5 N–H and O–H groups in total. The lowest BCUT2D eigenvalue weighted by Crippen LogP contribution is -2.39. The van der Waals surface area contributed by atoms with E-state index in [1.807, 2.05) is 0 Å². The average Bonchev–Trinajstić information content (AvgIpc) is 2.48. The van der Waals surface area contributed by atoms with Gasteiger partial charge in [0.15, 0.2) is 11.5 Å². The van der Waals surface area contributed by atoms with E-state index in [2.05, 4.69) is 14.9 Å². The van der Waals surface area contributed by atoms with Crippen LogP contribution >= 0.6 is 0 Å². The number of nitrogens with zero attached hydrogens (tertiary/aromatic N) is 4. The number of anilines is 2. The van der Waals surface area contributed by atoms with Crippen molar-refractivity contribution in [3.63, 3.8) is 0 Å². The number of nitrogens with two attached hydrogens (primary N) is 2. The smallest absolute Gasteiger partial charge is 0.356 e. The van der Waals surface area contributed by atoms with Crippen LogP contribution in [0.1, 0.15) is 16.9 Å². The molecule has 0 spiro atoms. The van der Waals surface area contributed by atoms with E-state index < -0.39 is 5.97 Å². The van der Waals surface area contributed by atoms with Gasteiger partial charge in [0.25, 0.3) is 0 Å². The first-order valence-electron chi connectivity index (χ1n) is 6.75. The predicted molar refractivity (Wildman–Crippen MR) is 76.8 cm³/mol. The third kappa shape index (κ3) is 4.00. The van der Waals surface area contributed by atoms with Gasteiger partial charge in [-0.15, -0.1) is 0 Å². The summed E-state index contributed by atoms with van der Waals surface area (Å²) in [5.74, 6) is 4.95. The van der Waals surface area contributed by atoms with Crippen LogP contribution in [-0.4, -0.2) is 65.3 Å². The van der Waals surface area contributed by atoms with Crippen molar-refractivity contribution in [3.8, 4) is 0 Å². The van der Waals surface area contributed by atoms with E-state index in [1.165, 1.54) is 5.01 Å². The number of ether oxygens (including phenoxy) is 1. The summed E-state index contributed by atoms with van der Waals surface area (Å²) in [6, 6.07) is 0. The Balaban J connectivity index is 1.89. The fourth-order valence-corrected chi connectivity index (χ4v) is 2.18. The Morgan fingerprint density at radius 2 is 2.14 bits per heavy atom. The number of hydrazine groups is 1. The number of carboxylic acids is 1. The van der Waals surface area contributed by atoms with E-state index in [1.54, 1.807) is 0 Å². The van der Waals surface area contributed by atoms with Gasteiger partial charge in [0.2, 0.25) is 0 Å². The molecule has 0 aromatic carbocycles. The number of hydrogen-bond donors (Lipinski definition) is 3. The second-order valence-corrected chi connectivity index (χ2v) is 4.77. The lowest BCUT2D eigenvalue weighted by Gasteiger charge is -2.27. The van der Waals surface area contributed by atoms with E-state index in [4.69, 9.17) is 21.4 Å². The highest BCUT2D eigenvalue weighted by atomic mass is 16.5. The van der Waals surface area contributed by atoms with Gasteiger partial charge in [-0.25, -0.2) is 20.6 Å². The Morgan fingerprint density at radius 3 is 2.81 bits per heavy atom. The van der Waals surface area contributed by atoms with E-state index in [-0.39, 0.29) is 17.2 Å². The predicted octanol–water partition coefficient (Wildman–Crippen LogP) is -0.841. The Bertz CT molecular complexity index is 492. The summed E-state index contributed by atoms with van der Waals surface area (Å²) in [7, 11) is 0. The first kappa shape index (κ1) is 15.4. The summed E-state index contributed by atoms with van der Waals surface area (Å²) in [6.45, 7) is 4.78. The molecule has 9 heteroatoms. The molecule has 21 heavy (non-hydrogen) atoms. The zero-order chi connectivity index (χ0) is 15.2. The van der Waals surface area contributed by atoms with Crippen molar-refractivity contribution in [1.82, 2.24) is 14.9 Å². The van der Waals surface area contributed by atoms with Crippen LogP contribution in [0.3, 0.4) is 0 Å². The first-order valence-corrected chi connectivity index (χ1v) is 6.75. The molecule has 1 saturated heterocycles.